The highest BCUT2D eigenvalue weighted by molar-refractivity contribution is 7.10. The van der Waals surface area contributed by atoms with Crippen molar-refractivity contribution in [2.75, 3.05) is 11.4 Å². The summed E-state index contributed by atoms with van der Waals surface area (Å²) in [5, 5.41) is 1.95. The van der Waals surface area contributed by atoms with E-state index in [4.69, 9.17) is 10.5 Å². The molecule has 1 aromatic heterocycles. The van der Waals surface area contributed by atoms with Crippen molar-refractivity contribution in [3.8, 4) is 5.75 Å². The van der Waals surface area contributed by atoms with Gasteiger partial charge in [0.1, 0.15) is 5.75 Å². The molecule has 1 unspecified atom stereocenters. The van der Waals surface area contributed by atoms with E-state index in [1.165, 1.54) is 16.9 Å². The van der Waals surface area contributed by atoms with Crippen molar-refractivity contribution in [1.82, 2.24) is 0 Å². The van der Waals surface area contributed by atoms with Crippen molar-refractivity contribution in [2.45, 2.75) is 31.8 Å². The molecule has 1 aromatic carbocycles. The summed E-state index contributed by atoms with van der Waals surface area (Å²) in [6.45, 7) is 0.149. The Balaban J connectivity index is 1.73. The lowest BCUT2D eigenvalue weighted by Crippen LogP contribution is -2.49. The maximum absolute atomic E-state index is 13.2. The van der Waals surface area contributed by atoms with E-state index < -0.39 is 12.0 Å². The molecule has 1 aliphatic carbocycles. The number of nitrogens with zero attached hydrogens (tertiary/aromatic N) is 1. The van der Waals surface area contributed by atoms with Crippen molar-refractivity contribution < 1.29 is 14.3 Å². The van der Waals surface area contributed by atoms with Gasteiger partial charge < -0.3 is 15.4 Å². The first-order chi connectivity index (χ1) is 11.6. The van der Waals surface area contributed by atoms with Crippen molar-refractivity contribution in [2.24, 2.45) is 5.73 Å². The SMILES string of the molecule is NC(=O)C1CN(C(=O)c2csc3c2CCCC3)c2ccccc2O1. The molecule has 1 atom stereocenters. The Morgan fingerprint density at radius 3 is 2.83 bits per heavy atom. The zero-order valence-corrected chi connectivity index (χ0v) is 14.0. The van der Waals surface area contributed by atoms with Crippen LogP contribution in [0.1, 0.15) is 33.6 Å². The van der Waals surface area contributed by atoms with Crippen LogP contribution < -0.4 is 15.4 Å². The third-order valence-corrected chi connectivity index (χ3v) is 5.72. The predicted molar refractivity (Wildman–Crippen MR) is 92.7 cm³/mol. The van der Waals surface area contributed by atoms with Gasteiger partial charge in [0.2, 0.25) is 0 Å². The minimum atomic E-state index is -0.821. The zero-order chi connectivity index (χ0) is 16.7. The van der Waals surface area contributed by atoms with Gasteiger partial charge in [0.05, 0.1) is 17.8 Å². The van der Waals surface area contributed by atoms with Crippen LogP contribution in [0.5, 0.6) is 5.75 Å². The minimum absolute atomic E-state index is 0.0728. The van der Waals surface area contributed by atoms with Crippen LogP contribution in [-0.4, -0.2) is 24.5 Å². The van der Waals surface area contributed by atoms with Crippen LogP contribution in [0.3, 0.4) is 0 Å². The molecule has 24 heavy (non-hydrogen) atoms. The molecule has 6 heteroatoms. The van der Waals surface area contributed by atoms with Crippen LogP contribution in [0.4, 0.5) is 5.69 Å². The number of hydrogen-bond acceptors (Lipinski definition) is 4. The number of carbonyl (C=O) groups is 2. The number of primary amides is 1. The highest BCUT2D eigenvalue weighted by atomic mass is 32.1. The number of benzene rings is 1. The van der Waals surface area contributed by atoms with Gasteiger partial charge in [-0.05, 0) is 43.4 Å². The van der Waals surface area contributed by atoms with Crippen LogP contribution >= 0.6 is 11.3 Å². The maximum atomic E-state index is 13.2. The second-order valence-corrected chi connectivity index (χ2v) is 7.11. The summed E-state index contributed by atoms with van der Waals surface area (Å²) in [7, 11) is 0. The Morgan fingerprint density at radius 2 is 2.00 bits per heavy atom. The van der Waals surface area contributed by atoms with E-state index in [1.807, 2.05) is 23.6 Å². The molecule has 0 saturated carbocycles. The molecular formula is C18H18N2O3S. The standard InChI is InChI=1S/C18H18N2O3S/c19-17(21)15-9-20(13-6-2-3-7-14(13)23-15)18(22)12-10-24-16-8-4-1-5-11(12)16/h2-3,6-7,10,15H,1,4-5,8-9H2,(H2,19,21). The first kappa shape index (κ1) is 15.2. The first-order valence-electron chi connectivity index (χ1n) is 8.11. The minimum Gasteiger partial charge on any atom is -0.477 e. The summed E-state index contributed by atoms with van der Waals surface area (Å²) in [5.41, 5.74) is 8.04. The molecule has 0 saturated heterocycles. The molecule has 1 aliphatic heterocycles. The van der Waals surface area contributed by atoms with Gasteiger partial charge in [-0.2, -0.15) is 0 Å². The van der Waals surface area contributed by atoms with E-state index in [9.17, 15) is 9.59 Å². The number of aryl methyl sites for hydroxylation is 1. The number of ether oxygens (including phenoxy) is 1. The summed E-state index contributed by atoms with van der Waals surface area (Å²) in [6.07, 6.45) is 3.49. The van der Waals surface area contributed by atoms with Gasteiger partial charge in [-0.15, -0.1) is 11.3 Å². The molecular weight excluding hydrogens is 324 g/mol. The molecule has 2 aromatic rings. The quantitative estimate of drug-likeness (QED) is 0.911. The smallest absolute Gasteiger partial charge is 0.260 e. The number of thiophene rings is 1. The van der Waals surface area contributed by atoms with Crippen LogP contribution in [-0.2, 0) is 17.6 Å². The van der Waals surface area contributed by atoms with Gasteiger partial charge in [0.15, 0.2) is 6.10 Å². The van der Waals surface area contributed by atoms with Gasteiger partial charge in [-0.1, -0.05) is 12.1 Å². The summed E-state index contributed by atoms with van der Waals surface area (Å²) in [6, 6.07) is 7.27. The third kappa shape index (κ3) is 2.47. The van der Waals surface area contributed by atoms with Crippen LogP contribution in [0.2, 0.25) is 0 Å². The van der Waals surface area contributed by atoms with E-state index in [0.717, 1.165) is 24.8 Å². The lowest BCUT2D eigenvalue weighted by molar-refractivity contribution is -0.124. The topological polar surface area (TPSA) is 72.6 Å². The Hall–Kier alpha value is -2.34. The molecule has 0 fully saturated rings. The molecule has 2 N–H and O–H groups in total. The average molecular weight is 342 g/mol. The number of nitrogens with two attached hydrogens (primary N) is 1. The number of para-hydroxylation sites is 2. The van der Waals surface area contributed by atoms with Crippen molar-refractivity contribution in [1.29, 1.82) is 0 Å². The highest BCUT2D eigenvalue weighted by Crippen LogP contribution is 2.36. The fourth-order valence-electron chi connectivity index (χ4n) is 3.39. The number of carbonyl (C=O) groups excluding carboxylic acids is 2. The molecule has 0 bridgehead atoms. The average Bonchev–Trinajstić information content (AvgIpc) is 3.04. The fraction of sp³-hybridized carbons (Fsp3) is 0.333. The number of anilines is 1. The van der Waals surface area contributed by atoms with Crippen LogP contribution in [0.15, 0.2) is 29.6 Å². The van der Waals surface area contributed by atoms with Gasteiger partial charge in [0, 0.05) is 10.3 Å². The van der Waals surface area contributed by atoms with E-state index in [2.05, 4.69) is 0 Å². The van der Waals surface area contributed by atoms with E-state index in [-0.39, 0.29) is 12.5 Å². The summed E-state index contributed by atoms with van der Waals surface area (Å²) >= 11 is 1.66. The lowest BCUT2D eigenvalue weighted by atomic mass is 9.95. The maximum Gasteiger partial charge on any atom is 0.260 e. The summed E-state index contributed by atoms with van der Waals surface area (Å²) in [5.74, 6) is -0.115. The molecule has 124 valence electrons. The fourth-order valence-corrected chi connectivity index (χ4v) is 4.51. The number of amides is 2. The predicted octanol–water partition coefficient (Wildman–Crippen LogP) is 2.52. The van der Waals surface area contributed by atoms with Gasteiger partial charge in [0.25, 0.3) is 11.8 Å². The molecule has 5 nitrogen and oxygen atoms in total. The third-order valence-electron chi connectivity index (χ3n) is 4.63. The first-order valence-corrected chi connectivity index (χ1v) is 8.99. The second kappa shape index (κ2) is 5.94. The lowest BCUT2D eigenvalue weighted by Gasteiger charge is -2.33. The zero-order valence-electron chi connectivity index (χ0n) is 13.2. The molecule has 0 radical (unpaired) electrons. The molecule has 2 heterocycles. The Labute approximate surface area is 144 Å². The normalized spacial score (nSPS) is 19.2. The van der Waals surface area contributed by atoms with E-state index >= 15 is 0 Å². The number of rotatable bonds is 2. The van der Waals surface area contributed by atoms with Crippen LogP contribution in [0.25, 0.3) is 0 Å². The molecule has 2 aliphatic rings. The second-order valence-electron chi connectivity index (χ2n) is 6.15. The molecule has 4 rings (SSSR count). The van der Waals surface area contributed by atoms with Crippen molar-refractivity contribution in [3.63, 3.8) is 0 Å². The van der Waals surface area contributed by atoms with Crippen molar-refractivity contribution >= 4 is 28.8 Å². The van der Waals surface area contributed by atoms with Gasteiger partial charge in [-0.25, -0.2) is 0 Å². The Bertz CT molecular complexity index is 814. The van der Waals surface area contributed by atoms with Crippen molar-refractivity contribution in [3.05, 3.63) is 45.6 Å². The van der Waals surface area contributed by atoms with E-state index in [1.54, 1.807) is 22.3 Å². The van der Waals surface area contributed by atoms with Gasteiger partial charge >= 0.3 is 0 Å². The monoisotopic (exact) mass is 342 g/mol. The number of fused-ring (bicyclic) bond motifs is 2. The summed E-state index contributed by atoms with van der Waals surface area (Å²) < 4.78 is 5.64. The van der Waals surface area contributed by atoms with Crippen LogP contribution in [0, 0.1) is 0 Å². The van der Waals surface area contributed by atoms with Gasteiger partial charge in [-0.3, -0.25) is 9.59 Å². The largest absolute Gasteiger partial charge is 0.477 e. The summed E-state index contributed by atoms with van der Waals surface area (Å²) in [4.78, 5) is 27.7. The molecule has 2 amide bonds. The Morgan fingerprint density at radius 1 is 1.21 bits per heavy atom. The van der Waals surface area contributed by atoms with E-state index in [0.29, 0.717) is 11.4 Å². The highest BCUT2D eigenvalue weighted by Gasteiger charge is 2.34. The molecule has 0 spiro atoms. The Kier molecular flexibility index (Phi) is 3.76. The number of hydrogen-bond donors (Lipinski definition) is 1.